The Morgan fingerprint density at radius 2 is 0.714 bits per heavy atom. The third-order valence-corrected chi connectivity index (χ3v) is 17.8. The molecule has 6 aromatic heterocycles. The highest BCUT2D eigenvalue weighted by Crippen LogP contribution is 2.54. The zero-order chi connectivity index (χ0) is 51.4. The van der Waals surface area contributed by atoms with Gasteiger partial charge < -0.3 is 18.3 Å². The molecule has 16 aromatic rings. The molecule has 7 heteroatoms. The predicted octanol–water partition coefficient (Wildman–Crippen LogP) is 18.6. The lowest BCUT2D eigenvalue weighted by molar-refractivity contribution is 1.03. The van der Waals surface area contributed by atoms with Gasteiger partial charge in [0.1, 0.15) is 11.6 Å². The molecule has 10 aromatic carbocycles. The molecule has 0 atom stereocenters. The van der Waals surface area contributed by atoms with Crippen molar-refractivity contribution in [3.8, 4) is 39.9 Å². The molecular formula is C70H46N6S. The van der Waals surface area contributed by atoms with Crippen LogP contribution in [0.2, 0.25) is 0 Å². The first kappa shape index (κ1) is 43.6. The van der Waals surface area contributed by atoms with Gasteiger partial charge >= 0.3 is 0 Å². The van der Waals surface area contributed by atoms with Crippen molar-refractivity contribution in [2.75, 3.05) is 0 Å². The SMILES string of the molecule is Cc1cccc2c3ccccc3n(-c3c(C#N)c(-n4c5ccccc5c5cccc(C)c54)c(-n4c5ccccc5c5cccc(C)c54)c(-c4cccc5c4sc4ccncc45)c3-n3c4ccccc4c4cccc(C)c43)c12. The first-order chi connectivity index (χ1) is 37.9. The van der Waals surface area contributed by atoms with Crippen LogP contribution in [0.1, 0.15) is 27.8 Å². The lowest BCUT2D eigenvalue weighted by Crippen LogP contribution is -2.17. The molecule has 362 valence electrons. The number of hydrogen-bond acceptors (Lipinski definition) is 3. The molecule has 0 saturated heterocycles. The second-order valence-electron chi connectivity index (χ2n) is 20.7. The first-order valence-electron chi connectivity index (χ1n) is 26.3. The number of nitriles is 1. The van der Waals surface area contributed by atoms with Crippen LogP contribution in [-0.2, 0) is 0 Å². The van der Waals surface area contributed by atoms with Gasteiger partial charge in [-0.1, -0.05) is 164 Å². The van der Waals surface area contributed by atoms with Gasteiger partial charge in [0.05, 0.1) is 66.9 Å². The van der Waals surface area contributed by atoms with E-state index < -0.39 is 0 Å². The summed E-state index contributed by atoms with van der Waals surface area (Å²) < 4.78 is 12.3. The Balaban J connectivity index is 1.32. The van der Waals surface area contributed by atoms with Crippen molar-refractivity contribution in [2.45, 2.75) is 27.7 Å². The lowest BCUT2D eigenvalue weighted by Gasteiger charge is -2.30. The molecular weight excluding hydrogens is 957 g/mol. The standard InChI is InChI=1S/C70H46N6S/c1-40-18-13-26-48-44-22-5-9-32-56(44)73(62(40)48)66-54(38-71)67(74-57-33-10-6-23-45(57)49-27-14-19-41(2)63(49)74)69(76-59-35-12-8-25-47(59)51-29-16-21-43(4)65(51)76)61(53-31-17-30-52-55-39-72-37-36-60(55)77-70(52)53)68(66)75-58-34-11-7-24-46(58)50-28-15-20-42(3)64(50)75/h5-37,39H,1-4H3. The smallest absolute Gasteiger partial charge is 0.104 e. The minimum Gasteiger partial charge on any atom is -0.306 e. The fourth-order valence-corrected chi connectivity index (χ4v) is 14.6. The van der Waals surface area contributed by atoms with Gasteiger partial charge in [-0.15, -0.1) is 11.3 Å². The van der Waals surface area contributed by atoms with Crippen LogP contribution in [0.5, 0.6) is 0 Å². The molecule has 0 unspecified atom stereocenters. The number of rotatable bonds is 5. The van der Waals surface area contributed by atoms with Crippen LogP contribution in [0.25, 0.3) is 141 Å². The monoisotopic (exact) mass is 1000 g/mol. The summed E-state index contributed by atoms with van der Waals surface area (Å²) in [7, 11) is 0. The van der Waals surface area contributed by atoms with Crippen LogP contribution in [0, 0.1) is 39.0 Å². The summed E-state index contributed by atoms with van der Waals surface area (Å²) in [4.78, 5) is 4.72. The van der Waals surface area contributed by atoms with Crippen molar-refractivity contribution in [3.63, 3.8) is 0 Å². The number of aryl methyl sites for hydroxylation is 4. The van der Waals surface area contributed by atoms with E-state index in [4.69, 9.17) is 4.98 Å². The summed E-state index contributed by atoms with van der Waals surface area (Å²) in [6, 6.07) is 73.9. The van der Waals surface area contributed by atoms with Gasteiger partial charge in [0.25, 0.3) is 0 Å². The fraction of sp³-hybridized carbons (Fsp3) is 0.0571. The number of para-hydroxylation sites is 8. The van der Waals surface area contributed by atoms with Gasteiger partial charge in [0.15, 0.2) is 0 Å². The van der Waals surface area contributed by atoms with Crippen molar-refractivity contribution in [3.05, 3.63) is 234 Å². The number of nitrogens with zero attached hydrogens (tertiary/aromatic N) is 6. The second kappa shape index (κ2) is 16.1. The number of benzene rings is 10. The average Bonchev–Trinajstić information content (AvgIpc) is 4.32. The van der Waals surface area contributed by atoms with E-state index in [1.165, 1.54) is 0 Å². The Bertz CT molecular complexity index is 5030. The summed E-state index contributed by atoms with van der Waals surface area (Å²) in [6.07, 6.45) is 3.92. The van der Waals surface area contributed by atoms with Gasteiger partial charge in [-0.05, 0) is 80.3 Å². The van der Waals surface area contributed by atoms with Crippen molar-refractivity contribution >= 4 is 119 Å². The van der Waals surface area contributed by atoms with E-state index in [9.17, 15) is 5.26 Å². The number of fused-ring (bicyclic) bond motifs is 15. The third-order valence-electron chi connectivity index (χ3n) is 16.6. The molecule has 0 aliphatic rings. The molecule has 6 heterocycles. The maximum Gasteiger partial charge on any atom is 0.104 e. The predicted molar refractivity (Wildman–Crippen MR) is 324 cm³/mol. The zero-order valence-corrected chi connectivity index (χ0v) is 43.5. The minimum absolute atomic E-state index is 0.558. The summed E-state index contributed by atoms with van der Waals surface area (Å²) in [5.41, 5.74) is 19.1. The summed E-state index contributed by atoms with van der Waals surface area (Å²) >= 11 is 1.81. The molecule has 16 rings (SSSR count). The van der Waals surface area contributed by atoms with E-state index in [-0.39, 0.29) is 0 Å². The van der Waals surface area contributed by atoms with Crippen molar-refractivity contribution < 1.29 is 0 Å². The van der Waals surface area contributed by atoms with Crippen molar-refractivity contribution in [1.29, 1.82) is 5.26 Å². The van der Waals surface area contributed by atoms with Gasteiger partial charge in [-0.2, -0.15) is 5.26 Å². The molecule has 77 heavy (non-hydrogen) atoms. The van der Waals surface area contributed by atoms with E-state index in [2.05, 4.69) is 246 Å². The summed E-state index contributed by atoms with van der Waals surface area (Å²) in [6.45, 7) is 8.90. The number of hydrogen-bond donors (Lipinski definition) is 0. The largest absolute Gasteiger partial charge is 0.306 e. The maximum absolute atomic E-state index is 13.1. The molecule has 0 bridgehead atoms. The quantitative estimate of drug-likeness (QED) is 0.172. The molecule has 0 spiro atoms. The van der Waals surface area contributed by atoms with Crippen LogP contribution in [-0.4, -0.2) is 23.3 Å². The van der Waals surface area contributed by atoms with Crippen LogP contribution in [0.4, 0.5) is 0 Å². The van der Waals surface area contributed by atoms with Crippen LogP contribution < -0.4 is 0 Å². The second-order valence-corrected chi connectivity index (χ2v) is 21.8. The number of aromatic nitrogens is 5. The number of pyridine rings is 1. The molecule has 6 nitrogen and oxygen atoms in total. The zero-order valence-electron chi connectivity index (χ0n) is 42.7. The highest BCUT2D eigenvalue weighted by molar-refractivity contribution is 7.26. The Morgan fingerprint density at radius 3 is 1.12 bits per heavy atom. The molecule has 0 fully saturated rings. The van der Waals surface area contributed by atoms with E-state index in [1.807, 2.05) is 23.7 Å². The van der Waals surface area contributed by atoms with E-state index in [0.717, 1.165) is 164 Å². The Morgan fingerprint density at radius 1 is 0.364 bits per heavy atom. The molecule has 0 aliphatic carbocycles. The van der Waals surface area contributed by atoms with Crippen LogP contribution >= 0.6 is 11.3 Å². The topological polar surface area (TPSA) is 56.4 Å². The molecule has 0 saturated carbocycles. The highest BCUT2D eigenvalue weighted by Gasteiger charge is 2.36. The van der Waals surface area contributed by atoms with Gasteiger partial charge in [0, 0.05) is 86.8 Å². The maximum atomic E-state index is 13.1. The van der Waals surface area contributed by atoms with E-state index in [0.29, 0.717) is 5.56 Å². The highest BCUT2D eigenvalue weighted by atomic mass is 32.1. The minimum atomic E-state index is 0.558. The molecule has 0 aliphatic heterocycles. The van der Waals surface area contributed by atoms with Crippen LogP contribution in [0.15, 0.2) is 207 Å². The Labute approximate surface area is 446 Å². The van der Waals surface area contributed by atoms with Crippen molar-refractivity contribution in [1.82, 2.24) is 23.3 Å². The third kappa shape index (κ3) is 5.80. The lowest BCUT2D eigenvalue weighted by atomic mass is 9.92. The first-order valence-corrected chi connectivity index (χ1v) is 27.1. The molecule has 0 radical (unpaired) electrons. The van der Waals surface area contributed by atoms with Gasteiger partial charge in [-0.3, -0.25) is 4.98 Å². The van der Waals surface area contributed by atoms with Crippen molar-refractivity contribution in [2.24, 2.45) is 0 Å². The Kier molecular flexibility index (Phi) is 9.14. The average molecular weight is 1000 g/mol. The normalized spacial score (nSPS) is 12.1. The summed E-state index contributed by atoms with van der Waals surface area (Å²) in [5, 5.41) is 24.4. The molecule has 0 amide bonds. The fourth-order valence-electron chi connectivity index (χ4n) is 13.5. The van der Waals surface area contributed by atoms with E-state index >= 15 is 0 Å². The Hall–Kier alpha value is -9.74. The van der Waals surface area contributed by atoms with E-state index in [1.54, 1.807) is 0 Å². The van der Waals surface area contributed by atoms with Gasteiger partial charge in [0.2, 0.25) is 0 Å². The van der Waals surface area contributed by atoms with Crippen LogP contribution in [0.3, 0.4) is 0 Å². The molecule has 0 N–H and O–H groups in total. The summed E-state index contributed by atoms with van der Waals surface area (Å²) in [5.74, 6) is 0. The number of thiophene rings is 1. The van der Waals surface area contributed by atoms with Gasteiger partial charge in [-0.25, -0.2) is 0 Å².